The Morgan fingerprint density at radius 3 is 2.43 bits per heavy atom. The highest BCUT2D eigenvalue weighted by Crippen LogP contribution is 2.25. The summed E-state index contributed by atoms with van der Waals surface area (Å²) in [5.41, 5.74) is 0.993. The van der Waals surface area contributed by atoms with Gasteiger partial charge in [0.05, 0.1) is 12.3 Å². The van der Waals surface area contributed by atoms with Gasteiger partial charge in [-0.05, 0) is 44.9 Å². The molecule has 28 heavy (non-hydrogen) atoms. The molecule has 0 atom stereocenters. The zero-order chi connectivity index (χ0) is 20.3. The van der Waals surface area contributed by atoms with Crippen molar-refractivity contribution in [2.45, 2.75) is 103 Å². The van der Waals surface area contributed by atoms with E-state index in [0.29, 0.717) is 19.6 Å². The van der Waals surface area contributed by atoms with E-state index < -0.39 is 0 Å². The number of carbonyl (C=O) groups excluding carboxylic acids is 1. The molecule has 1 amide bonds. The molecule has 6 heteroatoms. The molecule has 0 spiro atoms. The maximum Gasteiger partial charge on any atom is 0.219 e. The Labute approximate surface area is 171 Å². The molecular weight excluding hydrogens is 354 g/mol. The van der Waals surface area contributed by atoms with Gasteiger partial charge in [0.15, 0.2) is 0 Å². The van der Waals surface area contributed by atoms with Crippen LogP contribution in [-0.4, -0.2) is 31.4 Å². The molecule has 3 N–H and O–H groups in total. The summed E-state index contributed by atoms with van der Waals surface area (Å²) in [6.07, 6.45) is 17.6. The summed E-state index contributed by atoms with van der Waals surface area (Å²) in [7, 11) is 0. The van der Waals surface area contributed by atoms with Crippen molar-refractivity contribution < 1.29 is 14.5 Å². The maximum atomic E-state index is 11.9. The lowest BCUT2D eigenvalue weighted by atomic mass is 9.88. The average Bonchev–Trinajstić information content (AvgIpc) is 2.66. The Kier molecular flexibility index (Phi) is 15.9. The van der Waals surface area contributed by atoms with Gasteiger partial charge in [0.1, 0.15) is 6.61 Å². The first-order chi connectivity index (χ1) is 13.7. The minimum absolute atomic E-state index is 0.202. The van der Waals surface area contributed by atoms with E-state index in [1.807, 2.05) is 6.92 Å². The summed E-state index contributed by atoms with van der Waals surface area (Å²) in [4.78, 5) is 21.6. The number of amides is 1. The molecule has 1 aliphatic rings. The Morgan fingerprint density at radius 2 is 1.68 bits per heavy atom. The number of nitrogens with two attached hydrogens (primary N) is 1. The standard InChI is InChI=1S/C22H43N3O3/c1-20(25-28-19-11-18-27-23)12-6-5-9-16-22(26)24-17-10-15-21-13-7-3-2-4-8-14-21/h21H,2-19,23H2,1H3,(H,24,26)/b25-20+. The third-order valence-electron chi connectivity index (χ3n) is 5.50. The van der Waals surface area contributed by atoms with E-state index in [1.165, 1.54) is 51.4 Å². The van der Waals surface area contributed by atoms with E-state index >= 15 is 0 Å². The molecule has 0 aromatic rings. The van der Waals surface area contributed by atoms with E-state index in [2.05, 4.69) is 15.3 Å². The number of unbranched alkanes of at least 4 members (excludes halogenated alkanes) is 2. The highest BCUT2D eigenvalue weighted by molar-refractivity contribution is 5.81. The predicted octanol–water partition coefficient (Wildman–Crippen LogP) is 4.87. The molecule has 0 bridgehead atoms. The maximum absolute atomic E-state index is 11.9. The van der Waals surface area contributed by atoms with Crippen molar-refractivity contribution in [2.24, 2.45) is 17.0 Å². The number of nitrogens with zero attached hydrogens (tertiary/aromatic N) is 1. The van der Waals surface area contributed by atoms with Crippen LogP contribution < -0.4 is 11.2 Å². The summed E-state index contributed by atoms with van der Waals surface area (Å²) < 4.78 is 0. The zero-order valence-electron chi connectivity index (χ0n) is 18.1. The lowest BCUT2D eigenvalue weighted by Crippen LogP contribution is -2.24. The first-order valence-corrected chi connectivity index (χ1v) is 11.5. The average molecular weight is 398 g/mol. The van der Waals surface area contributed by atoms with Crippen molar-refractivity contribution in [1.29, 1.82) is 0 Å². The van der Waals surface area contributed by atoms with Crippen molar-refractivity contribution in [2.75, 3.05) is 19.8 Å². The second kappa shape index (κ2) is 17.9. The normalized spacial score (nSPS) is 16.4. The number of hydrogen-bond donors (Lipinski definition) is 2. The number of hydrogen-bond acceptors (Lipinski definition) is 5. The van der Waals surface area contributed by atoms with Crippen molar-refractivity contribution in [1.82, 2.24) is 5.32 Å². The molecule has 1 rings (SSSR count). The van der Waals surface area contributed by atoms with Crippen molar-refractivity contribution in [3.63, 3.8) is 0 Å². The van der Waals surface area contributed by atoms with Gasteiger partial charge in [-0.25, -0.2) is 5.90 Å². The van der Waals surface area contributed by atoms with Gasteiger partial charge in [0.2, 0.25) is 5.91 Å². The van der Waals surface area contributed by atoms with Crippen LogP contribution in [0.15, 0.2) is 5.16 Å². The van der Waals surface area contributed by atoms with Crippen LogP contribution in [-0.2, 0) is 14.5 Å². The first kappa shape index (κ1) is 24.9. The quantitative estimate of drug-likeness (QED) is 0.234. The van der Waals surface area contributed by atoms with Gasteiger partial charge in [-0.1, -0.05) is 56.5 Å². The SMILES string of the molecule is C/C(CCCCCC(=O)NCCCC1CCCCCCC1)=N\OCCCON. The third-order valence-corrected chi connectivity index (χ3v) is 5.50. The van der Waals surface area contributed by atoms with Crippen molar-refractivity contribution in [3.05, 3.63) is 0 Å². The largest absolute Gasteiger partial charge is 0.396 e. The predicted molar refractivity (Wildman–Crippen MR) is 115 cm³/mol. The van der Waals surface area contributed by atoms with E-state index in [1.54, 1.807) is 0 Å². The van der Waals surface area contributed by atoms with Crippen LogP contribution in [0.4, 0.5) is 0 Å². The van der Waals surface area contributed by atoms with E-state index in [0.717, 1.165) is 56.7 Å². The zero-order valence-corrected chi connectivity index (χ0v) is 18.1. The van der Waals surface area contributed by atoms with Gasteiger partial charge < -0.3 is 15.0 Å². The topological polar surface area (TPSA) is 85.9 Å². The molecule has 1 fully saturated rings. The molecule has 1 saturated carbocycles. The summed E-state index contributed by atoms with van der Waals surface area (Å²) in [6, 6.07) is 0. The summed E-state index contributed by atoms with van der Waals surface area (Å²) in [5.74, 6) is 6.03. The van der Waals surface area contributed by atoms with Crippen LogP contribution in [0.3, 0.4) is 0 Å². The van der Waals surface area contributed by atoms with Crippen molar-refractivity contribution in [3.8, 4) is 0 Å². The Morgan fingerprint density at radius 1 is 0.964 bits per heavy atom. The molecule has 0 saturated heterocycles. The fraction of sp³-hybridized carbons (Fsp3) is 0.909. The molecule has 0 heterocycles. The smallest absolute Gasteiger partial charge is 0.219 e. The van der Waals surface area contributed by atoms with Crippen molar-refractivity contribution >= 4 is 11.6 Å². The van der Waals surface area contributed by atoms with Crippen LogP contribution >= 0.6 is 0 Å². The highest BCUT2D eigenvalue weighted by atomic mass is 16.6. The van der Waals surface area contributed by atoms with Crippen LogP contribution in [0, 0.1) is 5.92 Å². The number of nitrogens with one attached hydrogen (secondary N) is 1. The number of rotatable bonds is 15. The molecular formula is C22H43N3O3. The Hall–Kier alpha value is -1.14. The third kappa shape index (κ3) is 14.9. The second-order valence-corrected chi connectivity index (χ2v) is 8.15. The second-order valence-electron chi connectivity index (χ2n) is 8.15. The van der Waals surface area contributed by atoms with E-state index in [9.17, 15) is 4.79 Å². The van der Waals surface area contributed by atoms with Crippen LogP contribution in [0.5, 0.6) is 0 Å². The van der Waals surface area contributed by atoms with Crippen LogP contribution in [0.25, 0.3) is 0 Å². The molecule has 0 unspecified atom stereocenters. The van der Waals surface area contributed by atoms with E-state index in [4.69, 9.17) is 10.7 Å². The summed E-state index contributed by atoms with van der Waals surface area (Å²) >= 11 is 0. The monoisotopic (exact) mass is 397 g/mol. The lowest BCUT2D eigenvalue weighted by molar-refractivity contribution is -0.121. The van der Waals surface area contributed by atoms with Gasteiger partial charge >= 0.3 is 0 Å². The van der Waals surface area contributed by atoms with Gasteiger partial charge in [-0.15, -0.1) is 0 Å². The molecule has 1 aliphatic carbocycles. The lowest BCUT2D eigenvalue weighted by Gasteiger charge is -2.19. The van der Waals surface area contributed by atoms with Gasteiger partial charge in [-0.2, -0.15) is 0 Å². The molecule has 0 aromatic heterocycles. The Bertz CT molecular complexity index is 408. The van der Waals surface area contributed by atoms with Crippen LogP contribution in [0.1, 0.15) is 103 Å². The Balaban J connectivity index is 1.92. The van der Waals surface area contributed by atoms with Gasteiger partial charge in [0, 0.05) is 19.4 Å². The molecule has 0 aromatic carbocycles. The van der Waals surface area contributed by atoms with Gasteiger partial charge in [-0.3, -0.25) is 4.79 Å². The molecule has 6 nitrogen and oxygen atoms in total. The van der Waals surface area contributed by atoms with Crippen LogP contribution in [0.2, 0.25) is 0 Å². The number of oxime groups is 1. The highest BCUT2D eigenvalue weighted by Gasteiger charge is 2.11. The minimum Gasteiger partial charge on any atom is -0.396 e. The minimum atomic E-state index is 0.202. The fourth-order valence-electron chi connectivity index (χ4n) is 3.79. The fourth-order valence-corrected chi connectivity index (χ4v) is 3.79. The summed E-state index contributed by atoms with van der Waals surface area (Å²) in [5, 5.41) is 7.16. The van der Waals surface area contributed by atoms with E-state index in [-0.39, 0.29) is 5.91 Å². The first-order valence-electron chi connectivity index (χ1n) is 11.5. The molecule has 164 valence electrons. The number of carbonyl (C=O) groups is 1. The molecule has 0 aliphatic heterocycles. The van der Waals surface area contributed by atoms with Gasteiger partial charge in [0.25, 0.3) is 0 Å². The molecule has 0 radical (unpaired) electrons. The summed E-state index contributed by atoms with van der Waals surface area (Å²) in [6.45, 7) is 3.82.